The Morgan fingerprint density at radius 1 is 1.12 bits per heavy atom. The number of fused-ring (bicyclic) bond motifs is 1. The Bertz CT molecular complexity index is 709. The van der Waals surface area contributed by atoms with Crippen molar-refractivity contribution in [1.82, 2.24) is 9.80 Å². The van der Waals surface area contributed by atoms with Crippen LogP contribution in [-0.2, 0) is 0 Å². The van der Waals surface area contributed by atoms with Gasteiger partial charge in [-0.05, 0) is 37.6 Å². The van der Waals surface area contributed by atoms with Gasteiger partial charge >= 0.3 is 0 Å². The van der Waals surface area contributed by atoms with E-state index in [1.807, 2.05) is 23.4 Å². The lowest BCUT2D eigenvalue weighted by Gasteiger charge is -2.27. The maximum Gasteiger partial charge on any atom is 0.261 e. The van der Waals surface area contributed by atoms with Crippen molar-refractivity contribution < 1.29 is 14.7 Å². The van der Waals surface area contributed by atoms with Crippen molar-refractivity contribution in [3.63, 3.8) is 0 Å². The summed E-state index contributed by atoms with van der Waals surface area (Å²) in [6.45, 7) is 2.46. The fraction of sp³-hybridized carbons (Fsp3) is 0.333. The van der Waals surface area contributed by atoms with Gasteiger partial charge in [0, 0.05) is 17.5 Å². The van der Waals surface area contributed by atoms with Crippen LogP contribution in [0.15, 0.2) is 41.8 Å². The molecule has 0 radical (unpaired) electrons. The first-order valence-corrected chi connectivity index (χ1v) is 8.74. The number of β-amino-alcohol motifs (C(OH)–C–C–N with tert-alkyl or cyclic N) is 1. The van der Waals surface area contributed by atoms with E-state index in [0.29, 0.717) is 17.7 Å². The minimum absolute atomic E-state index is 0.00778. The number of carbonyl (C=O) groups excluding carboxylic acids is 2. The summed E-state index contributed by atoms with van der Waals surface area (Å²) in [5.41, 5.74) is 0.824. The molecule has 2 aromatic rings. The van der Waals surface area contributed by atoms with Crippen LogP contribution in [0.2, 0.25) is 0 Å². The molecule has 0 spiro atoms. The SMILES string of the molecule is C[C@H](c1cccs1)N(C)C[C@H](O)CN1C(=O)c2ccccc2C1=O. The number of hydrogen-bond acceptors (Lipinski definition) is 5. The Balaban J connectivity index is 1.62. The topological polar surface area (TPSA) is 60.9 Å². The van der Waals surface area contributed by atoms with Crippen molar-refractivity contribution in [2.24, 2.45) is 0 Å². The highest BCUT2D eigenvalue weighted by atomic mass is 32.1. The summed E-state index contributed by atoms with van der Waals surface area (Å²) in [5, 5.41) is 12.4. The quantitative estimate of drug-likeness (QED) is 0.818. The van der Waals surface area contributed by atoms with Crippen LogP contribution in [0, 0.1) is 0 Å². The summed E-state index contributed by atoms with van der Waals surface area (Å²) in [7, 11) is 1.93. The minimum Gasteiger partial charge on any atom is -0.390 e. The number of nitrogens with zero attached hydrogens (tertiary/aromatic N) is 2. The van der Waals surface area contributed by atoms with Crippen molar-refractivity contribution in [2.45, 2.75) is 19.1 Å². The highest BCUT2D eigenvalue weighted by molar-refractivity contribution is 7.10. The third kappa shape index (κ3) is 3.13. The van der Waals surface area contributed by atoms with Crippen LogP contribution in [0.25, 0.3) is 0 Å². The number of aliphatic hydroxyl groups excluding tert-OH is 1. The zero-order valence-corrected chi connectivity index (χ0v) is 14.5. The molecule has 2 heterocycles. The second kappa shape index (κ2) is 6.84. The molecule has 0 unspecified atom stereocenters. The zero-order chi connectivity index (χ0) is 17.3. The molecule has 2 amide bonds. The van der Waals surface area contributed by atoms with Crippen LogP contribution >= 0.6 is 11.3 Å². The first kappa shape index (κ1) is 16.8. The summed E-state index contributed by atoms with van der Waals surface area (Å²) >= 11 is 1.67. The standard InChI is InChI=1S/C18H20N2O3S/c1-12(16-8-5-9-24-16)19(2)10-13(21)11-20-17(22)14-6-3-4-7-15(14)18(20)23/h3-9,12-13,21H,10-11H2,1-2H3/t12-,13+/m1/s1. The van der Waals surface area contributed by atoms with Crippen LogP contribution in [0.1, 0.15) is 38.6 Å². The average molecular weight is 344 g/mol. The molecule has 1 aliphatic rings. The monoisotopic (exact) mass is 344 g/mol. The van der Waals surface area contributed by atoms with Gasteiger partial charge in [0.25, 0.3) is 11.8 Å². The molecule has 24 heavy (non-hydrogen) atoms. The van der Waals surface area contributed by atoms with Gasteiger partial charge in [-0.25, -0.2) is 0 Å². The Morgan fingerprint density at radius 2 is 1.75 bits per heavy atom. The van der Waals surface area contributed by atoms with E-state index in [2.05, 4.69) is 13.0 Å². The summed E-state index contributed by atoms with van der Waals surface area (Å²) in [6.07, 6.45) is -0.792. The molecule has 3 rings (SSSR count). The maximum absolute atomic E-state index is 12.3. The minimum atomic E-state index is -0.792. The molecule has 1 N–H and O–H groups in total. The lowest BCUT2D eigenvalue weighted by molar-refractivity contribution is 0.0467. The fourth-order valence-electron chi connectivity index (χ4n) is 2.91. The van der Waals surface area contributed by atoms with E-state index in [1.165, 1.54) is 4.88 Å². The van der Waals surface area contributed by atoms with Gasteiger partial charge in [-0.3, -0.25) is 19.4 Å². The number of thiophene rings is 1. The van der Waals surface area contributed by atoms with Gasteiger partial charge in [-0.15, -0.1) is 11.3 Å². The first-order chi connectivity index (χ1) is 11.5. The third-order valence-electron chi connectivity index (χ3n) is 4.39. The molecule has 2 atom stereocenters. The summed E-state index contributed by atoms with van der Waals surface area (Å²) in [6, 6.07) is 11.0. The average Bonchev–Trinajstić information content (AvgIpc) is 3.18. The largest absolute Gasteiger partial charge is 0.390 e. The van der Waals surface area contributed by atoms with Crippen molar-refractivity contribution >= 4 is 23.2 Å². The normalized spacial score (nSPS) is 16.6. The second-order valence-corrected chi connectivity index (χ2v) is 7.03. The van der Waals surface area contributed by atoms with Crippen molar-refractivity contribution in [1.29, 1.82) is 0 Å². The Morgan fingerprint density at radius 3 is 2.29 bits per heavy atom. The fourth-order valence-corrected chi connectivity index (χ4v) is 3.76. The smallest absolute Gasteiger partial charge is 0.261 e. The third-order valence-corrected chi connectivity index (χ3v) is 5.43. The number of rotatable bonds is 6. The zero-order valence-electron chi connectivity index (χ0n) is 13.7. The van der Waals surface area contributed by atoms with Gasteiger partial charge < -0.3 is 5.11 Å². The van der Waals surface area contributed by atoms with Crippen LogP contribution in [0.5, 0.6) is 0 Å². The maximum atomic E-state index is 12.3. The number of amides is 2. The molecule has 0 fully saturated rings. The highest BCUT2D eigenvalue weighted by Crippen LogP contribution is 2.25. The van der Waals surface area contributed by atoms with Crippen molar-refractivity contribution in [3.8, 4) is 0 Å². The number of aliphatic hydroxyl groups is 1. The summed E-state index contributed by atoms with van der Waals surface area (Å²) in [4.78, 5) is 29.0. The number of carbonyl (C=O) groups is 2. The van der Waals surface area contributed by atoms with E-state index < -0.39 is 6.10 Å². The van der Waals surface area contributed by atoms with Crippen LogP contribution in [0.3, 0.4) is 0 Å². The summed E-state index contributed by atoms with van der Waals surface area (Å²) in [5.74, 6) is -0.660. The molecular formula is C18H20N2O3S. The molecule has 126 valence electrons. The van der Waals surface area contributed by atoms with E-state index in [0.717, 1.165) is 4.90 Å². The van der Waals surface area contributed by atoms with Crippen LogP contribution in [0.4, 0.5) is 0 Å². The van der Waals surface area contributed by atoms with E-state index in [9.17, 15) is 14.7 Å². The number of likely N-dealkylation sites (N-methyl/N-ethyl adjacent to an activating group) is 1. The number of imide groups is 1. The molecule has 1 aromatic heterocycles. The van der Waals surface area contributed by atoms with Crippen molar-refractivity contribution in [2.75, 3.05) is 20.1 Å². The Kier molecular flexibility index (Phi) is 4.80. The van der Waals surface area contributed by atoms with Gasteiger partial charge in [0.2, 0.25) is 0 Å². The molecule has 0 saturated heterocycles. The van der Waals surface area contributed by atoms with Crippen LogP contribution in [-0.4, -0.2) is 53.0 Å². The Labute approximate surface area is 145 Å². The van der Waals surface area contributed by atoms with E-state index in [-0.39, 0.29) is 24.4 Å². The molecule has 0 aliphatic carbocycles. The predicted molar refractivity (Wildman–Crippen MR) is 93.2 cm³/mol. The predicted octanol–water partition coefficient (Wildman–Crippen LogP) is 2.40. The van der Waals surface area contributed by atoms with E-state index >= 15 is 0 Å². The molecule has 6 heteroatoms. The number of benzene rings is 1. The molecule has 1 aliphatic heterocycles. The van der Waals surface area contributed by atoms with Gasteiger partial charge in [-0.2, -0.15) is 0 Å². The molecule has 0 saturated carbocycles. The van der Waals surface area contributed by atoms with Gasteiger partial charge in [0.1, 0.15) is 0 Å². The molecular weight excluding hydrogens is 324 g/mol. The molecule has 0 bridgehead atoms. The molecule has 1 aromatic carbocycles. The second-order valence-electron chi connectivity index (χ2n) is 6.05. The van der Waals surface area contributed by atoms with Gasteiger partial charge in [-0.1, -0.05) is 18.2 Å². The highest BCUT2D eigenvalue weighted by Gasteiger charge is 2.36. The lowest BCUT2D eigenvalue weighted by atomic mass is 10.1. The Hall–Kier alpha value is -2.02. The molecule has 5 nitrogen and oxygen atoms in total. The number of hydrogen-bond donors (Lipinski definition) is 1. The van der Waals surface area contributed by atoms with E-state index in [1.54, 1.807) is 35.6 Å². The van der Waals surface area contributed by atoms with Crippen molar-refractivity contribution in [3.05, 3.63) is 57.8 Å². The van der Waals surface area contributed by atoms with E-state index in [4.69, 9.17) is 0 Å². The van der Waals surface area contributed by atoms with Gasteiger partial charge in [0.15, 0.2) is 0 Å². The van der Waals surface area contributed by atoms with Crippen LogP contribution < -0.4 is 0 Å². The lowest BCUT2D eigenvalue weighted by Crippen LogP contribution is -2.42. The summed E-state index contributed by atoms with van der Waals surface area (Å²) < 4.78 is 0. The van der Waals surface area contributed by atoms with Gasteiger partial charge in [0.05, 0.1) is 23.8 Å². The first-order valence-electron chi connectivity index (χ1n) is 7.86.